The fourth-order valence-corrected chi connectivity index (χ4v) is 3.08. The van der Waals surface area contributed by atoms with E-state index in [1.54, 1.807) is 7.11 Å². The van der Waals surface area contributed by atoms with Crippen molar-refractivity contribution in [1.82, 2.24) is 0 Å². The van der Waals surface area contributed by atoms with Gasteiger partial charge in [-0.15, -0.1) is 0 Å². The third kappa shape index (κ3) is 4.24. The molecule has 1 fully saturated rings. The Balaban J connectivity index is 2.22. The van der Waals surface area contributed by atoms with E-state index >= 15 is 0 Å². The van der Waals surface area contributed by atoms with Crippen LogP contribution in [0.1, 0.15) is 44.6 Å². The van der Waals surface area contributed by atoms with Crippen molar-refractivity contribution in [2.24, 2.45) is 11.7 Å². The molecule has 0 bridgehead atoms. The van der Waals surface area contributed by atoms with Gasteiger partial charge in [0, 0.05) is 6.54 Å². The maximum Gasteiger partial charge on any atom is 0.161 e. The van der Waals surface area contributed by atoms with Gasteiger partial charge in [-0.1, -0.05) is 37.0 Å². The van der Waals surface area contributed by atoms with Gasteiger partial charge in [-0.05, 0) is 43.4 Å². The molecule has 116 valence electrons. The second kappa shape index (κ2) is 8.08. The largest absolute Gasteiger partial charge is 0.493 e. The van der Waals surface area contributed by atoms with E-state index in [9.17, 15) is 0 Å². The Kier molecular flexibility index (Phi) is 6.12. The highest BCUT2D eigenvalue weighted by Gasteiger charge is 2.17. The number of hydrogen-bond donors (Lipinski definition) is 1. The van der Waals surface area contributed by atoms with E-state index in [2.05, 4.69) is 12.1 Å². The molecule has 0 aromatic heterocycles. The first-order chi connectivity index (χ1) is 10.3. The van der Waals surface area contributed by atoms with Crippen molar-refractivity contribution in [3.8, 4) is 11.5 Å². The highest BCUT2D eigenvalue weighted by Crippen LogP contribution is 2.32. The summed E-state index contributed by atoms with van der Waals surface area (Å²) in [7, 11) is 1.67. The van der Waals surface area contributed by atoms with Crippen molar-refractivity contribution in [3.63, 3.8) is 0 Å². The zero-order valence-corrected chi connectivity index (χ0v) is 13.2. The molecule has 0 unspecified atom stereocenters. The number of methoxy groups -OCH3 is 1. The smallest absolute Gasteiger partial charge is 0.161 e. The Bertz CT molecular complexity index is 476. The van der Waals surface area contributed by atoms with Crippen LogP contribution in [0.3, 0.4) is 0 Å². The second-order valence-electron chi connectivity index (χ2n) is 5.60. The quantitative estimate of drug-likeness (QED) is 0.860. The number of hydrogen-bond acceptors (Lipinski definition) is 3. The van der Waals surface area contributed by atoms with Crippen molar-refractivity contribution >= 4 is 6.08 Å². The SMILES string of the molecule is CCOc1cc(/C=C(/CN)C2CCCCC2)ccc1OC. The van der Waals surface area contributed by atoms with Crippen molar-refractivity contribution in [2.75, 3.05) is 20.3 Å². The minimum atomic E-state index is 0.635. The van der Waals surface area contributed by atoms with Crippen LogP contribution in [-0.4, -0.2) is 20.3 Å². The van der Waals surface area contributed by atoms with Crippen LogP contribution in [0.25, 0.3) is 6.08 Å². The Hall–Kier alpha value is -1.48. The van der Waals surface area contributed by atoms with E-state index in [0.29, 0.717) is 19.1 Å². The molecule has 2 N–H and O–H groups in total. The molecule has 0 amide bonds. The van der Waals surface area contributed by atoms with Gasteiger partial charge in [-0.25, -0.2) is 0 Å². The van der Waals surface area contributed by atoms with Crippen molar-refractivity contribution in [3.05, 3.63) is 29.3 Å². The molecular formula is C18H27NO2. The Morgan fingerprint density at radius 2 is 2.00 bits per heavy atom. The van der Waals surface area contributed by atoms with Crippen molar-refractivity contribution in [1.29, 1.82) is 0 Å². The summed E-state index contributed by atoms with van der Waals surface area (Å²) in [6.07, 6.45) is 8.81. The first-order valence-corrected chi connectivity index (χ1v) is 7.99. The predicted octanol–water partition coefficient (Wildman–Crippen LogP) is 4.02. The van der Waals surface area contributed by atoms with Crippen LogP contribution < -0.4 is 15.2 Å². The second-order valence-corrected chi connectivity index (χ2v) is 5.60. The molecule has 0 heterocycles. The zero-order valence-electron chi connectivity index (χ0n) is 13.2. The van der Waals surface area contributed by atoms with Crippen molar-refractivity contribution in [2.45, 2.75) is 39.0 Å². The summed E-state index contributed by atoms with van der Waals surface area (Å²) < 4.78 is 11.0. The summed E-state index contributed by atoms with van der Waals surface area (Å²) in [6.45, 7) is 3.26. The molecule has 1 saturated carbocycles. The lowest BCUT2D eigenvalue weighted by molar-refractivity contribution is 0.311. The molecule has 0 spiro atoms. The molecule has 3 heteroatoms. The molecule has 0 atom stereocenters. The zero-order chi connectivity index (χ0) is 15.1. The summed E-state index contributed by atoms with van der Waals surface area (Å²) in [5, 5.41) is 0. The van der Waals surface area contributed by atoms with Gasteiger partial charge in [-0.3, -0.25) is 0 Å². The van der Waals surface area contributed by atoms with E-state index in [4.69, 9.17) is 15.2 Å². The lowest BCUT2D eigenvalue weighted by Crippen LogP contribution is -2.16. The summed E-state index contributed by atoms with van der Waals surface area (Å²) in [4.78, 5) is 0. The minimum absolute atomic E-state index is 0.635. The van der Waals surface area contributed by atoms with Crippen LogP contribution in [-0.2, 0) is 0 Å². The molecule has 0 saturated heterocycles. The lowest BCUT2D eigenvalue weighted by atomic mass is 9.83. The Morgan fingerprint density at radius 3 is 2.62 bits per heavy atom. The molecule has 2 rings (SSSR count). The molecule has 21 heavy (non-hydrogen) atoms. The normalized spacial score (nSPS) is 16.8. The molecule has 0 aliphatic heterocycles. The van der Waals surface area contributed by atoms with E-state index < -0.39 is 0 Å². The van der Waals surface area contributed by atoms with Crippen LogP contribution >= 0.6 is 0 Å². The molecule has 1 aliphatic carbocycles. The molecule has 1 aromatic rings. The van der Waals surface area contributed by atoms with Crippen LogP contribution in [0, 0.1) is 5.92 Å². The van der Waals surface area contributed by atoms with E-state index in [0.717, 1.165) is 17.1 Å². The van der Waals surface area contributed by atoms with Gasteiger partial charge in [-0.2, -0.15) is 0 Å². The molecular weight excluding hydrogens is 262 g/mol. The van der Waals surface area contributed by atoms with Crippen LogP contribution in [0.4, 0.5) is 0 Å². The topological polar surface area (TPSA) is 44.5 Å². The third-order valence-corrected chi connectivity index (χ3v) is 4.20. The first kappa shape index (κ1) is 15.9. The average molecular weight is 289 g/mol. The minimum Gasteiger partial charge on any atom is -0.493 e. The molecule has 3 nitrogen and oxygen atoms in total. The average Bonchev–Trinajstić information content (AvgIpc) is 2.54. The number of nitrogens with two attached hydrogens (primary N) is 1. The third-order valence-electron chi connectivity index (χ3n) is 4.20. The standard InChI is InChI=1S/C18H27NO2/c1-3-21-18-12-14(9-10-17(18)20-2)11-16(13-19)15-7-5-4-6-8-15/h9-12,15H,3-8,13,19H2,1-2H3/b16-11-. The number of ether oxygens (including phenoxy) is 2. The number of benzene rings is 1. The van der Waals surface area contributed by atoms with E-state index in [1.807, 2.05) is 19.1 Å². The maximum atomic E-state index is 5.98. The van der Waals surface area contributed by atoms with Gasteiger partial charge >= 0.3 is 0 Å². The fraction of sp³-hybridized carbons (Fsp3) is 0.556. The summed E-state index contributed by atoms with van der Waals surface area (Å²) in [5.74, 6) is 2.23. The van der Waals surface area contributed by atoms with Crippen molar-refractivity contribution < 1.29 is 9.47 Å². The number of rotatable bonds is 6. The highest BCUT2D eigenvalue weighted by molar-refractivity contribution is 5.58. The summed E-state index contributed by atoms with van der Waals surface area (Å²) in [5.41, 5.74) is 8.49. The summed E-state index contributed by atoms with van der Waals surface area (Å²) in [6, 6.07) is 6.08. The van der Waals surface area contributed by atoms with Gasteiger partial charge in [0.1, 0.15) is 0 Å². The van der Waals surface area contributed by atoms with Crippen LogP contribution in [0.5, 0.6) is 11.5 Å². The monoisotopic (exact) mass is 289 g/mol. The van der Waals surface area contributed by atoms with Crippen LogP contribution in [0.2, 0.25) is 0 Å². The van der Waals surface area contributed by atoms with Gasteiger partial charge < -0.3 is 15.2 Å². The van der Waals surface area contributed by atoms with Gasteiger partial charge in [0.15, 0.2) is 11.5 Å². The van der Waals surface area contributed by atoms with Gasteiger partial charge in [0.05, 0.1) is 13.7 Å². The predicted molar refractivity (Wildman–Crippen MR) is 87.8 cm³/mol. The highest BCUT2D eigenvalue weighted by atomic mass is 16.5. The molecule has 1 aromatic carbocycles. The van der Waals surface area contributed by atoms with E-state index in [-0.39, 0.29) is 0 Å². The van der Waals surface area contributed by atoms with E-state index in [1.165, 1.54) is 37.7 Å². The molecule has 1 aliphatic rings. The summed E-state index contributed by atoms with van der Waals surface area (Å²) >= 11 is 0. The first-order valence-electron chi connectivity index (χ1n) is 7.99. The Labute approximate surface area is 128 Å². The van der Waals surface area contributed by atoms with Crippen LogP contribution in [0.15, 0.2) is 23.8 Å². The van der Waals surface area contributed by atoms with Gasteiger partial charge in [0.25, 0.3) is 0 Å². The fourth-order valence-electron chi connectivity index (χ4n) is 3.08. The molecule has 0 radical (unpaired) electrons. The Morgan fingerprint density at radius 1 is 1.24 bits per heavy atom. The van der Waals surface area contributed by atoms with Gasteiger partial charge in [0.2, 0.25) is 0 Å². The maximum absolute atomic E-state index is 5.98. The lowest BCUT2D eigenvalue weighted by Gasteiger charge is -2.24.